The molecule has 0 amide bonds. The molecular formula is C23H14ClFO4. The van der Waals surface area contributed by atoms with Crippen LogP contribution in [0, 0.1) is 12.7 Å². The lowest BCUT2D eigenvalue weighted by atomic mass is 10.1. The Kier molecular flexibility index (Phi) is 4.91. The predicted molar refractivity (Wildman–Crippen MR) is 107 cm³/mol. The Morgan fingerprint density at radius 3 is 2.59 bits per heavy atom. The number of esters is 1. The average molecular weight is 409 g/mol. The fraction of sp³-hybridized carbons (Fsp3) is 0.0435. The monoisotopic (exact) mass is 408 g/mol. The molecule has 0 aromatic heterocycles. The summed E-state index contributed by atoms with van der Waals surface area (Å²) < 4.78 is 24.9. The van der Waals surface area contributed by atoms with E-state index in [-0.39, 0.29) is 27.8 Å². The highest BCUT2D eigenvalue weighted by molar-refractivity contribution is 6.32. The SMILES string of the molecule is Cc1ccc(C(=O)Oc2ccc3c(c2)O/C(=C\c2c(F)cccc2Cl)C3=O)cc1. The van der Waals surface area contributed by atoms with Crippen LogP contribution in [0.5, 0.6) is 11.5 Å². The van der Waals surface area contributed by atoms with Crippen LogP contribution < -0.4 is 9.47 Å². The van der Waals surface area contributed by atoms with Crippen LogP contribution >= 0.6 is 11.6 Å². The minimum absolute atomic E-state index is 0.0611. The molecule has 0 bridgehead atoms. The van der Waals surface area contributed by atoms with Gasteiger partial charge in [0, 0.05) is 11.6 Å². The first-order chi connectivity index (χ1) is 13.9. The summed E-state index contributed by atoms with van der Waals surface area (Å²) in [7, 11) is 0. The van der Waals surface area contributed by atoms with Gasteiger partial charge in [0.05, 0.1) is 16.1 Å². The molecule has 29 heavy (non-hydrogen) atoms. The first kappa shape index (κ1) is 18.9. The number of fused-ring (bicyclic) bond motifs is 1. The van der Waals surface area contributed by atoms with Gasteiger partial charge in [0.2, 0.25) is 5.78 Å². The molecule has 3 aromatic carbocycles. The molecule has 1 heterocycles. The third kappa shape index (κ3) is 3.77. The van der Waals surface area contributed by atoms with E-state index in [2.05, 4.69) is 0 Å². The van der Waals surface area contributed by atoms with Gasteiger partial charge in [-0.05, 0) is 49.4 Å². The number of carbonyl (C=O) groups excluding carboxylic acids is 2. The third-order valence-corrected chi connectivity index (χ3v) is 4.74. The summed E-state index contributed by atoms with van der Waals surface area (Å²) in [6.07, 6.45) is 1.26. The highest BCUT2D eigenvalue weighted by Crippen LogP contribution is 2.36. The van der Waals surface area contributed by atoms with Gasteiger partial charge in [-0.3, -0.25) is 4.79 Å². The van der Waals surface area contributed by atoms with E-state index in [0.717, 1.165) is 5.56 Å². The lowest BCUT2D eigenvalue weighted by Crippen LogP contribution is -2.08. The molecule has 6 heteroatoms. The number of halogens is 2. The molecule has 3 aromatic rings. The Morgan fingerprint density at radius 2 is 1.86 bits per heavy atom. The van der Waals surface area contributed by atoms with Gasteiger partial charge in [-0.1, -0.05) is 35.4 Å². The summed E-state index contributed by atoms with van der Waals surface area (Å²) in [5.74, 6) is -1.10. The van der Waals surface area contributed by atoms with Crippen LogP contribution in [0.25, 0.3) is 6.08 Å². The number of Topliss-reactive ketones (excluding diaryl/α,β-unsaturated/α-hetero) is 1. The fourth-order valence-corrected chi connectivity index (χ4v) is 3.08. The zero-order valence-corrected chi connectivity index (χ0v) is 16.0. The minimum Gasteiger partial charge on any atom is -0.452 e. The smallest absolute Gasteiger partial charge is 0.343 e. The first-order valence-electron chi connectivity index (χ1n) is 8.73. The zero-order valence-electron chi connectivity index (χ0n) is 15.2. The molecule has 1 aliphatic heterocycles. The molecule has 0 aliphatic carbocycles. The second-order valence-corrected chi connectivity index (χ2v) is 6.90. The van der Waals surface area contributed by atoms with Crippen molar-refractivity contribution < 1.29 is 23.5 Å². The number of hydrogen-bond donors (Lipinski definition) is 0. The van der Waals surface area contributed by atoms with E-state index in [1.165, 1.54) is 42.5 Å². The summed E-state index contributed by atoms with van der Waals surface area (Å²) in [5, 5.41) is 0.164. The van der Waals surface area contributed by atoms with Crippen molar-refractivity contribution in [3.05, 3.63) is 99.5 Å². The number of carbonyl (C=O) groups is 2. The summed E-state index contributed by atoms with van der Waals surface area (Å²) in [5.41, 5.74) is 1.79. The number of benzene rings is 3. The quantitative estimate of drug-likeness (QED) is 0.320. The second-order valence-electron chi connectivity index (χ2n) is 6.49. The Hall–Kier alpha value is -3.44. The Balaban J connectivity index is 1.58. The van der Waals surface area contributed by atoms with Gasteiger partial charge >= 0.3 is 5.97 Å². The lowest BCUT2D eigenvalue weighted by molar-refractivity contribution is 0.0734. The zero-order chi connectivity index (χ0) is 20.5. The van der Waals surface area contributed by atoms with Gasteiger partial charge in [0.15, 0.2) is 5.76 Å². The van der Waals surface area contributed by atoms with E-state index < -0.39 is 17.6 Å². The first-order valence-corrected chi connectivity index (χ1v) is 9.11. The standard InChI is InChI=1S/C23H14ClFO4/c1-13-5-7-14(8-6-13)23(27)28-15-9-10-16-20(11-15)29-21(22(16)26)12-17-18(24)3-2-4-19(17)25/h2-12H,1H3/b21-12-. The predicted octanol–water partition coefficient (Wildman–Crippen LogP) is 5.62. The van der Waals surface area contributed by atoms with Gasteiger partial charge < -0.3 is 9.47 Å². The number of aryl methyl sites for hydroxylation is 1. The van der Waals surface area contributed by atoms with Crippen LogP contribution in [0.1, 0.15) is 31.8 Å². The number of ether oxygens (including phenoxy) is 2. The van der Waals surface area contributed by atoms with Crippen molar-refractivity contribution in [1.82, 2.24) is 0 Å². The molecular weight excluding hydrogens is 395 g/mol. The lowest BCUT2D eigenvalue weighted by Gasteiger charge is -2.06. The van der Waals surface area contributed by atoms with Crippen LogP contribution in [0.2, 0.25) is 5.02 Å². The Labute approximate surface area is 171 Å². The molecule has 0 radical (unpaired) electrons. The molecule has 1 aliphatic rings. The normalized spacial score (nSPS) is 13.9. The highest BCUT2D eigenvalue weighted by atomic mass is 35.5. The molecule has 0 fully saturated rings. The maximum atomic E-state index is 14.0. The number of ketones is 1. The summed E-state index contributed by atoms with van der Waals surface area (Å²) in [6, 6.07) is 15.7. The van der Waals surface area contributed by atoms with Gasteiger partial charge in [-0.15, -0.1) is 0 Å². The highest BCUT2D eigenvalue weighted by Gasteiger charge is 2.28. The van der Waals surface area contributed by atoms with Crippen LogP contribution in [-0.2, 0) is 0 Å². The van der Waals surface area contributed by atoms with Crippen molar-refractivity contribution in [2.75, 3.05) is 0 Å². The molecule has 0 spiro atoms. The van der Waals surface area contributed by atoms with E-state index in [9.17, 15) is 14.0 Å². The van der Waals surface area contributed by atoms with E-state index in [1.54, 1.807) is 12.1 Å². The van der Waals surface area contributed by atoms with Crippen LogP contribution in [-0.4, -0.2) is 11.8 Å². The van der Waals surface area contributed by atoms with Crippen molar-refractivity contribution in [3.8, 4) is 11.5 Å². The Bertz CT molecular complexity index is 1150. The molecule has 0 N–H and O–H groups in total. The minimum atomic E-state index is -0.565. The Morgan fingerprint density at radius 1 is 1.10 bits per heavy atom. The molecule has 144 valence electrons. The molecule has 4 rings (SSSR count). The third-order valence-electron chi connectivity index (χ3n) is 4.41. The molecule has 0 atom stereocenters. The van der Waals surface area contributed by atoms with Crippen LogP contribution in [0.15, 0.2) is 66.4 Å². The number of allylic oxidation sites excluding steroid dienone is 1. The maximum Gasteiger partial charge on any atom is 0.343 e. The van der Waals surface area contributed by atoms with Gasteiger partial charge in [0.1, 0.15) is 17.3 Å². The summed E-state index contributed by atoms with van der Waals surface area (Å²) in [6.45, 7) is 1.92. The van der Waals surface area contributed by atoms with Gasteiger partial charge in [-0.25, -0.2) is 9.18 Å². The number of rotatable bonds is 3. The van der Waals surface area contributed by atoms with Crippen molar-refractivity contribution >= 4 is 29.4 Å². The van der Waals surface area contributed by atoms with Gasteiger partial charge in [-0.2, -0.15) is 0 Å². The largest absolute Gasteiger partial charge is 0.452 e. The molecule has 4 nitrogen and oxygen atoms in total. The summed E-state index contributed by atoms with van der Waals surface area (Å²) in [4.78, 5) is 24.8. The van der Waals surface area contributed by atoms with Crippen LogP contribution in [0.4, 0.5) is 4.39 Å². The average Bonchev–Trinajstić information content (AvgIpc) is 3.00. The molecule has 0 saturated heterocycles. The second kappa shape index (κ2) is 7.53. The molecule has 0 saturated carbocycles. The van der Waals surface area contributed by atoms with Crippen molar-refractivity contribution in [1.29, 1.82) is 0 Å². The van der Waals surface area contributed by atoms with Gasteiger partial charge in [0.25, 0.3) is 0 Å². The number of hydrogen-bond acceptors (Lipinski definition) is 4. The van der Waals surface area contributed by atoms with E-state index in [1.807, 2.05) is 19.1 Å². The van der Waals surface area contributed by atoms with Crippen molar-refractivity contribution in [2.45, 2.75) is 6.92 Å². The summed E-state index contributed by atoms with van der Waals surface area (Å²) >= 11 is 6.01. The molecule has 0 unspecified atom stereocenters. The maximum absolute atomic E-state index is 14.0. The van der Waals surface area contributed by atoms with E-state index >= 15 is 0 Å². The van der Waals surface area contributed by atoms with Crippen molar-refractivity contribution in [3.63, 3.8) is 0 Å². The van der Waals surface area contributed by atoms with E-state index in [4.69, 9.17) is 21.1 Å². The van der Waals surface area contributed by atoms with E-state index in [0.29, 0.717) is 11.1 Å². The topological polar surface area (TPSA) is 52.6 Å². The fourth-order valence-electron chi connectivity index (χ4n) is 2.87. The van der Waals surface area contributed by atoms with Crippen LogP contribution in [0.3, 0.4) is 0 Å². The van der Waals surface area contributed by atoms with Crippen molar-refractivity contribution in [2.24, 2.45) is 0 Å².